The molecular formula is C31H43N3O6. The monoisotopic (exact) mass is 553 g/mol. The molecule has 9 nitrogen and oxygen atoms in total. The molecule has 0 bridgehead atoms. The minimum absolute atomic E-state index is 0.0457. The lowest BCUT2D eigenvalue weighted by Gasteiger charge is -2.21. The van der Waals surface area contributed by atoms with E-state index in [1.807, 2.05) is 77.9 Å². The fraction of sp³-hybridized carbons (Fsp3) is 0.484. The third-order valence-electron chi connectivity index (χ3n) is 6.40. The molecule has 0 fully saturated rings. The van der Waals surface area contributed by atoms with Gasteiger partial charge in [0.05, 0.1) is 13.2 Å². The van der Waals surface area contributed by atoms with Crippen LogP contribution in [0.15, 0.2) is 48.5 Å². The summed E-state index contributed by atoms with van der Waals surface area (Å²) in [5, 5.41) is 8.25. The minimum Gasteiger partial charge on any atom is -0.369 e. The Balaban J connectivity index is 1.61. The van der Waals surface area contributed by atoms with E-state index in [2.05, 4.69) is 16.0 Å². The average molecular weight is 554 g/mol. The summed E-state index contributed by atoms with van der Waals surface area (Å²) in [5.41, 5.74) is 2.40. The first-order valence-electron chi connectivity index (χ1n) is 13.6. The molecule has 3 amide bonds. The van der Waals surface area contributed by atoms with Gasteiger partial charge in [-0.05, 0) is 29.7 Å². The molecule has 0 saturated heterocycles. The summed E-state index contributed by atoms with van der Waals surface area (Å²) in [6.07, 6.45) is 0.731. The SMILES string of the molecule is CCC(C)(C)C(=O)NCCNC(=O)COCCOCC(=O)Nc1ccc(-c2ccc(C(=O)C(C)(C)C)cc2)cc1. The van der Waals surface area contributed by atoms with Gasteiger partial charge in [-0.25, -0.2) is 0 Å². The number of nitrogens with one attached hydrogen (secondary N) is 3. The van der Waals surface area contributed by atoms with Crippen LogP contribution >= 0.6 is 0 Å². The van der Waals surface area contributed by atoms with Crippen LogP contribution < -0.4 is 16.0 Å². The number of ketones is 1. The van der Waals surface area contributed by atoms with Crippen molar-refractivity contribution in [1.29, 1.82) is 0 Å². The largest absolute Gasteiger partial charge is 0.369 e. The van der Waals surface area contributed by atoms with Crippen LogP contribution in [0.3, 0.4) is 0 Å². The number of rotatable bonds is 15. The molecule has 0 radical (unpaired) electrons. The zero-order valence-corrected chi connectivity index (χ0v) is 24.5. The van der Waals surface area contributed by atoms with Gasteiger partial charge in [0.2, 0.25) is 17.7 Å². The van der Waals surface area contributed by atoms with Gasteiger partial charge < -0.3 is 25.4 Å². The van der Waals surface area contributed by atoms with Gasteiger partial charge in [-0.15, -0.1) is 0 Å². The van der Waals surface area contributed by atoms with Crippen molar-refractivity contribution < 1.29 is 28.7 Å². The van der Waals surface area contributed by atoms with E-state index in [1.165, 1.54) is 0 Å². The van der Waals surface area contributed by atoms with E-state index in [0.717, 1.165) is 17.5 Å². The molecule has 2 aromatic rings. The maximum atomic E-state index is 12.4. The molecule has 0 unspecified atom stereocenters. The Labute approximate surface area is 237 Å². The van der Waals surface area contributed by atoms with Gasteiger partial charge >= 0.3 is 0 Å². The number of hydrogen-bond donors (Lipinski definition) is 3. The first-order valence-corrected chi connectivity index (χ1v) is 13.6. The summed E-state index contributed by atoms with van der Waals surface area (Å²) >= 11 is 0. The maximum Gasteiger partial charge on any atom is 0.250 e. The van der Waals surface area contributed by atoms with Crippen LogP contribution in [-0.2, 0) is 23.9 Å². The van der Waals surface area contributed by atoms with E-state index in [0.29, 0.717) is 24.3 Å². The Morgan fingerprint density at radius 1 is 0.700 bits per heavy atom. The number of hydrogen-bond acceptors (Lipinski definition) is 6. The van der Waals surface area contributed by atoms with E-state index in [4.69, 9.17) is 9.47 Å². The normalized spacial score (nSPS) is 11.6. The third-order valence-corrected chi connectivity index (χ3v) is 6.40. The number of Topliss-reactive ketones (excluding diaryl/α,β-unsaturated/α-hetero) is 1. The van der Waals surface area contributed by atoms with Crippen molar-refractivity contribution in [1.82, 2.24) is 10.6 Å². The molecule has 0 atom stereocenters. The molecule has 2 aromatic carbocycles. The van der Waals surface area contributed by atoms with E-state index >= 15 is 0 Å². The van der Waals surface area contributed by atoms with Crippen LogP contribution in [0.25, 0.3) is 11.1 Å². The van der Waals surface area contributed by atoms with Crippen LogP contribution in [-0.4, -0.2) is 63.0 Å². The molecule has 9 heteroatoms. The highest BCUT2D eigenvalue weighted by molar-refractivity contribution is 6.00. The summed E-state index contributed by atoms with van der Waals surface area (Å²) < 4.78 is 10.6. The summed E-state index contributed by atoms with van der Waals surface area (Å²) in [7, 11) is 0. The Hall–Kier alpha value is -3.56. The van der Waals surface area contributed by atoms with E-state index < -0.39 is 10.8 Å². The van der Waals surface area contributed by atoms with Gasteiger partial charge in [0.25, 0.3) is 0 Å². The van der Waals surface area contributed by atoms with Crippen molar-refractivity contribution in [2.75, 3.05) is 44.8 Å². The summed E-state index contributed by atoms with van der Waals surface area (Å²) in [4.78, 5) is 48.4. The van der Waals surface area contributed by atoms with Crippen LogP contribution in [0.5, 0.6) is 0 Å². The summed E-state index contributed by atoms with van der Waals surface area (Å²) in [6, 6.07) is 14.9. The smallest absolute Gasteiger partial charge is 0.250 e. The van der Waals surface area contributed by atoms with Crippen LogP contribution in [0.1, 0.15) is 58.3 Å². The van der Waals surface area contributed by atoms with Gasteiger partial charge in [0, 0.05) is 35.2 Å². The Bertz CT molecular complexity index is 1140. The number of ether oxygens (including phenoxy) is 2. The molecular weight excluding hydrogens is 510 g/mol. The molecule has 0 spiro atoms. The molecule has 0 aromatic heterocycles. The van der Waals surface area contributed by atoms with Crippen molar-refractivity contribution in [2.45, 2.75) is 48.0 Å². The molecule has 40 heavy (non-hydrogen) atoms. The number of carbonyl (C=O) groups is 4. The fourth-order valence-electron chi connectivity index (χ4n) is 3.47. The van der Waals surface area contributed by atoms with E-state index in [-0.39, 0.29) is 49.9 Å². The molecule has 3 N–H and O–H groups in total. The lowest BCUT2D eigenvalue weighted by molar-refractivity contribution is -0.130. The molecule has 0 saturated carbocycles. The van der Waals surface area contributed by atoms with Crippen LogP contribution in [0.4, 0.5) is 5.69 Å². The first-order chi connectivity index (χ1) is 18.8. The average Bonchev–Trinajstić information content (AvgIpc) is 2.92. The van der Waals surface area contributed by atoms with Crippen molar-refractivity contribution in [3.8, 4) is 11.1 Å². The lowest BCUT2D eigenvalue weighted by atomic mass is 9.86. The minimum atomic E-state index is -0.432. The molecule has 0 heterocycles. The number of benzene rings is 2. The Morgan fingerprint density at radius 3 is 1.73 bits per heavy atom. The van der Waals surface area contributed by atoms with Crippen LogP contribution in [0, 0.1) is 10.8 Å². The highest BCUT2D eigenvalue weighted by Crippen LogP contribution is 2.25. The third kappa shape index (κ3) is 10.9. The second-order valence-corrected chi connectivity index (χ2v) is 11.2. The number of carbonyl (C=O) groups excluding carboxylic acids is 4. The van der Waals surface area contributed by atoms with Crippen molar-refractivity contribution in [3.63, 3.8) is 0 Å². The summed E-state index contributed by atoms with van der Waals surface area (Å²) in [5.74, 6) is -0.541. The second kappa shape index (κ2) is 15.3. The summed E-state index contributed by atoms with van der Waals surface area (Å²) in [6.45, 7) is 12.1. The number of anilines is 1. The fourth-order valence-corrected chi connectivity index (χ4v) is 3.47. The maximum absolute atomic E-state index is 12.4. The highest BCUT2D eigenvalue weighted by atomic mass is 16.5. The standard InChI is InChI=1S/C31H43N3O6/c1-7-31(5,6)29(38)33-17-16-32-26(35)20-39-18-19-40-21-27(36)34-25-14-12-23(13-15-25)22-8-10-24(11-9-22)28(37)30(2,3)4/h8-15H,7,16-21H2,1-6H3,(H,32,35)(H,33,38)(H,34,36). The Morgan fingerprint density at radius 2 is 1.20 bits per heavy atom. The lowest BCUT2D eigenvalue weighted by Crippen LogP contribution is -2.41. The highest BCUT2D eigenvalue weighted by Gasteiger charge is 2.24. The van der Waals surface area contributed by atoms with Gasteiger partial charge in [0.1, 0.15) is 13.2 Å². The topological polar surface area (TPSA) is 123 Å². The Kier molecular flexibility index (Phi) is 12.5. The molecule has 0 aliphatic carbocycles. The van der Waals surface area contributed by atoms with E-state index in [9.17, 15) is 19.2 Å². The quantitative estimate of drug-likeness (QED) is 0.224. The van der Waals surface area contributed by atoms with Crippen molar-refractivity contribution >= 4 is 29.2 Å². The van der Waals surface area contributed by atoms with Gasteiger partial charge in [-0.3, -0.25) is 19.2 Å². The molecule has 0 aliphatic rings. The van der Waals surface area contributed by atoms with Crippen molar-refractivity contribution in [3.05, 3.63) is 54.1 Å². The van der Waals surface area contributed by atoms with Gasteiger partial charge in [0.15, 0.2) is 5.78 Å². The zero-order valence-electron chi connectivity index (χ0n) is 24.5. The predicted octanol–water partition coefficient (Wildman–Crippen LogP) is 4.22. The first kappa shape index (κ1) is 32.7. The van der Waals surface area contributed by atoms with E-state index in [1.54, 1.807) is 12.1 Å². The molecule has 218 valence electrons. The number of amides is 3. The van der Waals surface area contributed by atoms with Crippen molar-refractivity contribution in [2.24, 2.45) is 10.8 Å². The zero-order chi connectivity index (χ0) is 29.8. The predicted molar refractivity (Wildman–Crippen MR) is 156 cm³/mol. The van der Waals surface area contributed by atoms with Gasteiger partial charge in [-0.1, -0.05) is 77.9 Å². The van der Waals surface area contributed by atoms with Gasteiger partial charge in [-0.2, -0.15) is 0 Å². The molecule has 0 aliphatic heterocycles. The second-order valence-electron chi connectivity index (χ2n) is 11.2. The van der Waals surface area contributed by atoms with Crippen LogP contribution in [0.2, 0.25) is 0 Å². The molecule has 2 rings (SSSR count).